The van der Waals surface area contributed by atoms with Crippen molar-refractivity contribution in [3.05, 3.63) is 23.8 Å². The van der Waals surface area contributed by atoms with Crippen molar-refractivity contribution in [2.45, 2.75) is 44.1 Å². The lowest BCUT2D eigenvalue weighted by Crippen LogP contribution is -2.47. The quantitative estimate of drug-likeness (QED) is 0.906. The molecule has 1 heterocycles. The molecule has 1 aromatic carbocycles. The minimum Gasteiger partial charge on any atom is -0.493 e. The third kappa shape index (κ3) is 3.99. The molecular weight excluding hydrogens is 288 g/mol. The maximum atomic E-state index is 6.36. The number of methoxy groups -OCH3 is 2. The number of rotatable bonds is 5. The number of piperidine rings is 1. The van der Waals surface area contributed by atoms with Crippen molar-refractivity contribution in [2.75, 3.05) is 33.9 Å². The number of hydrogen-bond acceptors (Lipinski definition) is 4. The van der Waals surface area contributed by atoms with Gasteiger partial charge in [0.1, 0.15) is 0 Å². The second kappa shape index (κ2) is 7.54. The zero-order valence-corrected chi connectivity index (χ0v) is 14.5. The molecule has 1 aromatic rings. The first kappa shape index (κ1) is 16.6. The van der Waals surface area contributed by atoms with Crippen LogP contribution in [0.4, 0.5) is 0 Å². The van der Waals surface area contributed by atoms with Crippen molar-refractivity contribution in [2.24, 2.45) is 11.7 Å². The molecule has 1 aliphatic carbocycles. The Bertz CT molecular complexity index is 514. The van der Waals surface area contributed by atoms with Gasteiger partial charge in [0.15, 0.2) is 11.5 Å². The Morgan fingerprint density at radius 1 is 1.09 bits per heavy atom. The standard InChI is InChI=1S/C19H30N2O2/c1-22-18-8-7-15(10-19(18)23-2)16-9-17(20)13-21(12-16)11-14-5-3-4-6-14/h7-8,10,14,16-17H,3-6,9,11-13,20H2,1-2H3. The van der Waals surface area contributed by atoms with Crippen molar-refractivity contribution >= 4 is 0 Å². The number of hydrogen-bond donors (Lipinski definition) is 1. The highest BCUT2D eigenvalue weighted by Crippen LogP contribution is 2.35. The lowest BCUT2D eigenvalue weighted by molar-refractivity contribution is 0.164. The number of benzene rings is 1. The van der Waals surface area contributed by atoms with Crippen molar-refractivity contribution in [3.8, 4) is 11.5 Å². The largest absolute Gasteiger partial charge is 0.493 e. The minimum atomic E-state index is 0.267. The first-order valence-corrected chi connectivity index (χ1v) is 8.89. The summed E-state index contributed by atoms with van der Waals surface area (Å²) in [5.74, 6) is 2.97. The molecule has 0 radical (unpaired) electrons. The van der Waals surface area contributed by atoms with Gasteiger partial charge in [-0.3, -0.25) is 0 Å². The van der Waals surface area contributed by atoms with Gasteiger partial charge in [0.2, 0.25) is 0 Å². The summed E-state index contributed by atoms with van der Waals surface area (Å²) in [4.78, 5) is 2.59. The monoisotopic (exact) mass is 318 g/mol. The first-order chi connectivity index (χ1) is 11.2. The van der Waals surface area contributed by atoms with Crippen LogP contribution >= 0.6 is 0 Å². The van der Waals surface area contributed by atoms with Crippen molar-refractivity contribution in [1.29, 1.82) is 0 Å². The molecule has 4 nitrogen and oxygen atoms in total. The smallest absolute Gasteiger partial charge is 0.160 e. The molecule has 23 heavy (non-hydrogen) atoms. The van der Waals surface area contributed by atoms with Crippen LogP contribution in [0.5, 0.6) is 11.5 Å². The highest BCUT2D eigenvalue weighted by molar-refractivity contribution is 5.44. The third-order valence-electron chi connectivity index (χ3n) is 5.43. The summed E-state index contributed by atoms with van der Waals surface area (Å²) >= 11 is 0. The minimum absolute atomic E-state index is 0.267. The zero-order chi connectivity index (χ0) is 16.2. The topological polar surface area (TPSA) is 47.7 Å². The molecule has 0 bridgehead atoms. The van der Waals surface area contributed by atoms with E-state index in [1.807, 2.05) is 6.07 Å². The Morgan fingerprint density at radius 2 is 1.83 bits per heavy atom. The molecule has 0 spiro atoms. The lowest BCUT2D eigenvalue weighted by Gasteiger charge is -2.38. The summed E-state index contributed by atoms with van der Waals surface area (Å²) in [5, 5.41) is 0. The van der Waals surface area contributed by atoms with E-state index < -0.39 is 0 Å². The van der Waals surface area contributed by atoms with Crippen molar-refractivity contribution in [1.82, 2.24) is 4.90 Å². The SMILES string of the molecule is COc1ccc(C2CC(N)CN(CC3CCCC3)C2)cc1OC. The van der Waals surface area contributed by atoms with Crippen molar-refractivity contribution in [3.63, 3.8) is 0 Å². The Hall–Kier alpha value is -1.26. The van der Waals surface area contributed by atoms with E-state index in [-0.39, 0.29) is 6.04 Å². The molecule has 2 N–H and O–H groups in total. The van der Waals surface area contributed by atoms with Gasteiger partial charge in [0, 0.05) is 25.7 Å². The summed E-state index contributed by atoms with van der Waals surface area (Å²) in [7, 11) is 3.37. The van der Waals surface area contributed by atoms with Gasteiger partial charge >= 0.3 is 0 Å². The van der Waals surface area contributed by atoms with Crippen LogP contribution in [0, 0.1) is 5.92 Å². The number of nitrogens with zero attached hydrogens (tertiary/aromatic N) is 1. The summed E-state index contributed by atoms with van der Waals surface area (Å²) in [6.45, 7) is 3.37. The molecule has 4 heteroatoms. The Labute approximate surface area is 139 Å². The van der Waals surface area contributed by atoms with Gasteiger partial charge < -0.3 is 20.1 Å². The van der Waals surface area contributed by atoms with E-state index >= 15 is 0 Å². The van der Waals surface area contributed by atoms with Gasteiger partial charge in [-0.2, -0.15) is 0 Å². The van der Waals surface area contributed by atoms with E-state index in [0.717, 1.165) is 36.9 Å². The molecule has 1 saturated heterocycles. The van der Waals surface area contributed by atoms with Crippen molar-refractivity contribution < 1.29 is 9.47 Å². The maximum Gasteiger partial charge on any atom is 0.160 e. The fraction of sp³-hybridized carbons (Fsp3) is 0.684. The predicted octanol–water partition coefficient (Wildman–Crippen LogP) is 3.01. The van der Waals surface area contributed by atoms with Gasteiger partial charge in [0.05, 0.1) is 14.2 Å². The second-order valence-corrected chi connectivity index (χ2v) is 7.18. The van der Waals surface area contributed by atoms with Crippen LogP contribution < -0.4 is 15.2 Å². The van der Waals surface area contributed by atoms with Crippen LogP contribution in [0.2, 0.25) is 0 Å². The third-order valence-corrected chi connectivity index (χ3v) is 5.43. The molecule has 2 unspecified atom stereocenters. The fourth-order valence-corrected chi connectivity index (χ4v) is 4.29. The summed E-state index contributed by atoms with van der Waals surface area (Å²) in [5.41, 5.74) is 7.67. The van der Waals surface area contributed by atoms with Gasteiger partial charge in [-0.25, -0.2) is 0 Å². The van der Waals surface area contributed by atoms with E-state index in [1.165, 1.54) is 37.8 Å². The van der Waals surface area contributed by atoms with E-state index in [9.17, 15) is 0 Å². The Kier molecular flexibility index (Phi) is 5.44. The highest BCUT2D eigenvalue weighted by Gasteiger charge is 2.29. The normalized spacial score (nSPS) is 26.4. The molecule has 3 rings (SSSR count). The van der Waals surface area contributed by atoms with Gasteiger partial charge in [0.25, 0.3) is 0 Å². The van der Waals surface area contributed by atoms with Gasteiger partial charge in [-0.15, -0.1) is 0 Å². The maximum absolute atomic E-state index is 6.36. The predicted molar refractivity (Wildman–Crippen MR) is 93.3 cm³/mol. The van der Waals surface area contributed by atoms with Gasteiger partial charge in [-0.1, -0.05) is 18.9 Å². The molecule has 1 aliphatic heterocycles. The molecule has 1 saturated carbocycles. The molecule has 0 aromatic heterocycles. The average molecular weight is 318 g/mol. The van der Waals surface area contributed by atoms with Crippen LogP contribution in [0.3, 0.4) is 0 Å². The molecule has 128 valence electrons. The van der Waals surface area contributed by atoms with Crippen LogP contribution in [-0.4, -0.2) is 44.8 Å². The fourth-order valence-electron chi connectivity index (χ4n) is 4.29. The van der Waals surface area contributed by atoms with E-state index in [2.05, 4.69) is 17.0 Å². The van der Waals surface area contributed by atoms with E-state index in [4.69, 9.17) is 15.2 Å². The van der Waals surface area contributed by atoms with E-state index in [1.54, 1.807) is 14.2 Å². The first-order valence-electron chi connectivity index (χ1n) is 8.89. The Morgan fingerprint density at radius 3 is 2.52 bits per heavy atom. The molecule has 0 amide bonds. The molecule has 2 atom stereocenters. The van der Waals surface area contributed by atoms with Gasteiger partial charge in [-0.05, 0) is 48.8 Å². The van der Waals surface area contributed by atoms with Crippen LogP contribution in [0.15, 0.2) is 18.2 Å². The molecular formula is C19H30N2O2. The zero-order valence-electron chi connectivity index (χ0n) is 14.5. The van der Waals surface area contributed by atoms with Crippen LogP contribution in [-0.2, 0) is 0 Å². The summed E-state index contributed by atoms with van der Waals surface area (Å²) in [6.07, 6.45) is 6.66. The molecule has 2 aliphatic rings. The summed E-state index contributed by atoms with van der Waals surface area (Å²) < 4.78 is 10.8. The Balaban J connectivity index is 1.70. The highest BCUT2D eigenvalue weighted by atomic mass is 16.5. The number of nitrogens with two attached hydrogens (primary N) is 1. The number of likely N-dealkylation sites (tertiary alicyclic amines) is 1. The molecule has 2 fully saturated rings. The summed E-state index contributed by atoms with van der Waals surface area (Å²) in [6, 6.07) is 6.56. The van der Waals surface area contributed by atoms with Crippen LogP contribution in [0.1, 0.15) is 43.6 Å². The second-order valence-electron chi connectivity index (χ2n) is 7.18. The number of ether oxygens (including phenoxy) is 2. The average Bonchev–Trinajstić information content (AvgIpc) is 3.06. The lowest BCUT2D eigenvalue weighted by atomic mass is 9.87. The van der Waals surface area contributed by atoms with E-state index in [0.29, 0.717) is 5.92 Å². The van der Waals surface area contributed by atoms with Crippen LogP contribution in [0.25, 0.3) is 0 Å².